The average molecular weight is 419 g/mol. The summed E-state index contributed by atoms with van der Waals surface area (Å²) >= 11 is 1.17. The van der Waals surface area contributed by atoms with Crippen molar-refractivity contribution in [2.75, 3.05) is 5.32 Å². The number of nitrogens with one attached hydrogen (secondary N) is 1. The van der Waals surface area contributed by atoms with E-state index in [-0.39, 0.29) is 6.54 Å². The van der Waals surface area contributed by atoms with Crippen LogP contribution < -0.4 is 16.7 Å². The molecule has 2 aromatic carbocycles. The predicted molar refractivity (Wildman–Crippen MR) is 113 cm³/mol. The molecular formula is C21H13N3O5S. The summed E-state index contributed by atoms with van der Waals surface area (Å²) in [6, 6.07) is 15.8. The fourth-order valence-electron chi connectivity index (χ4n) is 3.16. The Kier molecular flexibility index (Phi) is 4.29. The van der Waals surface area contributed by atoms with Gasteiger partial charge in [-0.3, -0.25) is 9.36 Å². The lowest BCUT2D eigenvalue weighted by atomic mass is 10.1. The molecule has 0 saturated carbocycles. The van der Waals surface area contributed by atoms with Crippen LogP contribution in [0.3, 0.4) is 0 Å². The lowest BCUT2D eigenvalue weighted by Gasteiger charge is -2.02. The molecule has 0 aliphatic carbocycles. The maximum absolute atomic E-state index is 12.4. The summed E-state index contributed by atoms with van der Waals surface area (Å²) in [4.78, 5) is 41.1. The van der Waals surface area contributed by atoms with Crippen molar-refractivity contribution in [1.29, 1.82) is 0 Å². The summed E-state index contributed by atoms with van der Waals surface area (Å²) in [7, 11) is 0. The zero-order valence-electron chi connectivity index (χ0n) is 15.3. The van der Waals surface area contributed by atoms with E-state index in [1.807, 2.05) is 12.1 Å². The van der Waals surface area contributed by atoms with Crippen molar-refractivity contribution in [1.82, 2.24) is 9.55 Å². The number of anilines is 1. The molecule has 0 unspecified atom stereocenters. The number of nitrogens with zero attached hydrogens (tertiary/aromatic N) is 2. The second kappa shape index (κ2) is 7.12. The van der Waals surface area contributed by atoms with Crippen LogP contribution in [-0.4, -0.2) is 15.5 Å². The van der Waals surface area contributed by atoms with Crippen molar-refractivity contribution in [3.63, 3.8) is 0 Å². The van der Waals surface area contributed by atoms with E-state index in [2.05, 4.69) is 10.3 Å². The zero-order valence-corrected chi connectivity index (χ0v) is 16.1. The van der Waals surface area contributed by atoms with Crippen molar-refractivity contribution >= 4 is 44.4 Å². The molecule has 0 aliphatic heterocycles. The van der Waals surface area contributed by atoms with E-state index in [0.29, 0.717) is 33.1 Å². The molecule has 30 heavy (non-hydrogen) atoms. The van der Waals surface area contributed by atoms with Crippen LogP contribution in [0.4, 0.5) is 5.13 Å². The summed E-state index contributed by atoms with van der Waals surface area (Å²) in [5.41, 5.74) is 1.64. The van der Waals surface area contributed by atoms with Gasteiger partial charge >= 0.3 is 11.4 Å². The van der Waals surface area contributed by atoms with Crippen LogP contribution in [0.15, 0.2) is 78.4 Å². The first-order valence-electron chi connectivity index (χ1n) is 8.95. The van der Waals surface area contributed by atoms with Crippen LogP contribution in [0.25, 0.3) is 33.3 Å². The number of carbonyl (C=O) groups excluding carboxylic acids is 1. The number of hydrogen-bond donors (Lipinski definition) is 1. The first-order valence-corrected chi connectivity index (χ1v) is 9.83. The molecule has 1 amide bonds. The Morgan fingerprint density at radius 2 is 1.80 bits per heavy atom. The topological polar surface area (TPSA) is 107 Å². The van der Waals surface area contributed by atoms with Crippen molar-refractivity contribution < 1.29 is 13.6 Å². The van der Waals surface area contributed by atoms with Crippen molar-refractivity contribution in [3.05, 3.63) is 80.9 Å². The molecule has 0 aliphatic rings. The molecule has 8 nitrogen and oxygen atoms in total. The van der Waals surface area contributed by atoms with Crippen LogP contribution in [0, 0.1) is 0 Å². The van der Waals surface area contributed by atoms with Gasteiger partial charge in [-0.15, -0.1) is 11.3 Å². The number of carbonyl (C=O) groups is 1. The molecule has 3 aromatic heterocycles. The molecule has 3 heterocycles. The number of oxazole rings is 1. The van der Waals surface area contributed by atoms with Gasteiger partial charge in [0.2, 0.25) is 5.91 Å². The molecule has 1 N–H and O–H groups in total. The van der Waals surface area contributed by atoms with Crippen molar-refractivity contribution in [2.45, 2.75) is 6.54 Å². The third-order valence-electron chi connectivity index (χ3n) is 4.54. The summed E-state index contributed by atoms with van der Waals surface area (Å²) < 4.78 is 11.7. The number of thiazole rings is 1. The van der Waals surface area contributed by atoms with E-state index in [1.165, 1.54) is 15.9 Å². The highest BCUT2D eigenvalue weighted by atomic mass is 32.1. The first-order chi connectivity index (χ1) is 14.6. The number of amides is 1. The summed E-state index contributed by atoms with van der Waals surface area (Å²) in [5.74, 6) is -1.05. The van der Waals surface area contributed by atoms with Gasteiger partial charge in [-0.25, -0.2) is 14.6 Å². The summed E-state index contributed by atoms with van der Waals surface area (Å²) in [6.45, 7) is -0.219. The average Bonchev–Trinajstić information content (AvgIpc) is 3.32. The van der Waals surface area contributed by atoms with Gasteiger partial charge in [-0.2, -0.15) is 0 Å². The quantitative estimate of drug-likeness (QED) is 0.447. The fraction of sp³-hybridized carbons (Fsp3) is 0.0476. The largest absolute Gasteiger partial charge is 0.422 e. The van der Waals surface area contributed by atoms with E-state index in [4.69, 9.17) is 8.83 Å². The molecule has 0 radical (unpaired) electrons. The van der Waals surface area contributed by atoms with Crippen LogP contribution in [0.5, 0.6) is 0 Å². The second-order valence-corrected chi connectivity index (χ2v) is 7.35. The SMILES string of the molecule is O=C(Cn1c(=O)oc2ccccc21)Nc1nc(-c2cc3ccccc3oc2=O)cs1. The third kappa shape index (κ3) is 3.20. The third-order valence-corrected chi connectivity index (χ3v) is 5.30. The molecule has 0 fully saturated rings. The highest BCUT2D eigenvalue weighted by Gasteiger charge is 2.15. The monoisotopic (exact) mass is 419 g/mol. The molecule has 5 aromatic rings. The number of hydrogen-bond acceptors (Lipinski definition) is 7. The number of rotatable bonds is 4. The number of aromatic nitrogens is 2. The van der Waals surface area contributed by atoms with Gasteiger partial charge in [0, 0.05) is 10.8 Å². The van der Waals surface area contributed by atoms with E-state index in [1.54, 1.807) is 47.8 Å². The molecule has 0 saturated heterocycles. The summed E-state index contributed by atoms with van der Waals surface area (Å²) in [6.07, 6.45) is 0. The lowest BCUT2D eigenvalue weighted by Crippen LogP contribution is -2.24. The lowest BCUT2D eigenvalue weighted by molar-refractivity contribution is -0.116. The number of para-hydroxylation sites is 3. The highest BCUT2D eigenvalue weighted by Crippen LogP contribution is 2.25. The minimum Gasteiger partial charge on any atom is -0.422 e. The number of benzene rings is 2. The molecule has 5 rings (SSSR count). The molecule has 9 heteroatoms. The van der Waals surface area contributed by atoms with Gasteiger partial charge < -0.3 is 14.2 Å². The second-order valence-electron chi connectivity index (χ2n) is 6.49. The molecule has 0 bridgehead atoms. The van der Waals surface area contributed by atoms with E-state index >= 15 is 0 Å². The first kappa shape index (κ1) is 18.1. The fourth-order valence-corrected chi connectivity index (χ4v) is 3.89. The Morgan fingerprint density at radius 3 is 2.67 bits per heavy atom. The molecular weight excluding hydrogens is 406 g/mol. The van der Waals surface area contributed by atoms with Crippen molar-refractivity contribution in [2.24, 2.45) is 0 Å². The van der Waals surface area contributed by atoms with Crippen LogP contribution in [-0.2, 0) is 11.3 Å². The summed E-state index contributed by atoms with van der Waals surface area (Å²) in [5, 5.41) is 5.40. The highest BCUT2D eigenvalue weighted by molar-refractivity contribution is 7.14. The van der Waals surface area contributed by atoms with Crippen LogP contribution in [0.1, 0.15) is 0 Å². The van der Waals surface area contributed by atoms with Crippen molar-refractivity contribution in [3.8, 4) is 11.3 Å². The van der Waals surface area contributed by atoms with E-state index in [9.17, 15) is 14.4 Å². The Morgan fingerprint density at radius 1 is 1.03 bits per heavy atom. The van der Waals surface area contributed by atoms with Gasteiger partial charge in [-0.05, 0) is 24.3 Å². The molecule has 148 valence electrons. The van der Waals surface area contributed by atoms with Gasteiger partial charge in [0.25, 0.3) is 0 Å². The van der Waals surface area contributed by atoms with E-state index < -0.39 is 17.3 Å². The molecule has 0 spiro atoms. The standard InChI is InChI=1S/C21H13N3O5S/c25-18(10-24-15-6-2-4-8-17(15)29-21(24)27)23-20-22-14(11-30-20)13-9-12-5-1-3-7-16(12)28-19(13)26/h1-9,11H,10H2,(H,22,23,25). The van der Waals surface area contributed by atoms with Gasteiger partial charge in [0.15, 0.2) is 10.7 Å². The van der Waals surface area contributed by atoms with E-state index in [0.717, 1.165) is 5.39 Å². The maximum Gasteiger partial charge on any atom is 0.420 e. The Balaban J connectivity index is 1.39. The number of fused-ring (bicyclic) bond motifs is 2. The minimum atomic E-state index is -0.611. The predicted octanol–water partition coefficient (Wildman–Crippen LogP) is 3.46. The zero-order chi connectivity index (χ0) is 20.7. The smallest absolute Gasteiger partial charge is 0.420 e. The van der Waals surface area contributed by atoms with Gasteiger partial charge in [-0.1, -0.05) is 30.3 Å². The van der Waals surface area contributed by atoms with Gasteiger partial charge in [0.05, 0.1) is 16.8 Å². The Bertz CT molecular complexity index is 1530. The minimum absolute atomic E-state index is 0.219. The van der Waals surface area contributed by atoms with Crippen LogP contribution in [0.2, 0.25) is 0 Å². The van der Waals surface area contributed by atoms with Gasteiger partial charge in [0.1, 0.15) is 12.1 Å². The normalized spacial score (nSPS) is 11.2. The Hall–Kier alpha value is -3.98. The van der Waals surface area contributed by atoms with Crippen LogP contribution >= 0.6 is 11.3 Å². The maximum atomic E-state index is 12.4. The Labute approximate surface area is 172 Å². The molecule has 0 atom stereocenters.